The lowest BCUT2D eigenvalue weighted by atomic mass is 9.87. The van der Waals surface area contributed by atoms with Crippen LogP contribution in [0.3, 0.4) is 0 Å². The lowest BCUT2D eigenvalue weighted by Crippen LogP contribution is -2.31. The van der Waals surface area contributed by atoms with Crippen LogP contribution >= 0.6 is 11.6 Å². The van der Waals surface area contributed by atoms with Gasteiger partial charge in [-0.05, 0) is 20.3 Å². The molecule has 0 aliphatic carbocycles. The summed E-state index contributed by atoms with van der Waals surface area (Å²) >= 11 is 6.23. The van der Waals surface area contributed by atoms with Gasteiger partial charge in [-0.2, -0.15) is 10.4 Å². The number of nitriles is 1. The van der Waals surface area contributed by atoms with Crippen molar-refractivity contribution in [2.45, 2.75) is 33.6 Å². The van der Waals surface area contributed by atoms with E-state index in [1.165, 1.54) is 0 Å². The second-order valence-electron chi connectivity index (χ2n) is 4.53. The molecule has 104 valence electrons. The third-order valence-corrected chi connectivity index (χ3v) is 3.43. The third kappa shape index (κ3) is 3.07. The van der Waals surface area contributed by atoms with Gasteiger partial charge in [0.1, 0.15) is 0 Å². The number of carbonyl (C=O) groups excluding carboxylic acids is 1. The second-order valence-corrected chi connectivity index (χ2v) is 4.90. The van der Waals surface area contributed by atoms with Gasteiger partial charge in [0.25, 0.3) is 0 Å². The third-order valence-electron chi connectivity index (χ3n) is 3.00. The number of aromatic nitrogens is 2. The largest absolute Gasteiger partial charge is 0.465 e. The van der Waals surface area contributed by atoms with Crippen LogP contribution in [-0.4, -0.2) is 22.4 Å². The number of halogens is 1. The van der Waals surface area contributed by atoms with Gasteiger partial charge < -0.3 is 4.74 Å². The molecule has 5 nitrogen and oxygen atoms in total. The summed E-state index contributed by atoms with van der Waals surface area (Å²) in [5, 5.41) is 14.1. The van der Waals surface area contributed by atoms with Gasteiger partial charge >= 0.3 is 5.97 Å². The summed E-state index contributed by atoms with van der Waals surface area (Å²) in [6, 6.07) is 2.02. The maximum atomic E-state index is 11.9. The van der Waals surface area contributed by atoms with Crippen LogP contribution in [0, 0.1) is 16.7 Å². The van der Waals surface area contributed by atoms with Crippen LogP contribution in [0.2, 0.25) is 5.02 Å². The molecule has 1 rings (SSSR count). The number of nitrogens with zero attached hydrogens (tertiary/aromatic N) is 3. The summed E-state index contributed by atoms with van der Waals surface area (Å²) < 4.78 is 6.57. The number of aryl methyl sites for hydroxylation is 2. The molecule has 1 unspecified atom stereocenters. The highest BCUT2D eigenvalue weighted by Crippen LogP contribution is 2.29. The molecule has 0 radical (unpaired) electrons. The Morgan fingerprint density at radius 3 is 2.63 bits per heavy atom. The van der Waals surface area contributed by atoms with E-state index >= 15 is 0 Å². The molecular formula is C13H18ClN3O2. The minimum Gasteiger partial charge on any atom is -0.465 e. The molecule has 0 aliphatic heterocycles. The van der Waals surface area contributed by atoms with Gasteiger partial charge in [-0.25, -0.2) is 0 Å². The van der Waals surface area contributed by atoms with Crippen LogP contribution in [0.5, 0.6) is 0 Å². The fraction of sp³-hybridized carbons (Fsp3) is 0.615. The molecule has 0 aliphatic rings. The van der Waals surface area contributed by atoms with E-state index < -0.39 is 11.4 Å². The molecular weight excluding hydrogens is 266 g/mol. The molecule has 6 heteroatoms. The molecule has 1 heterocycles. The Kier molecular flexibility index (Phi) is 4.96. The monoisotopic (exact) mass is 283 g/mol. The standard InChI is InChI=1S/C13H18ClN3O2/c1-5-9-11(14)10(17(4)16-9)7-13(3,8-15)12(18)19-6-2/h5-7H2,1-4H3. The van der Waals surface area contributed by atoms with Crippen molar-refractivity contribution in [1.82, 2.24) is 9.78 Å². The SMILES string of the molecule is CCOC(=O)C(C)(C#N)Cc1c(Cl)c(CC)nn1C. The van der Waals surface area contributed by atoms with Gasteiger partial charge in [0.2, 0.25) is 0 Å². The first kappa shape index (κ1) is 15.5. The second kappa shape index (κ2) is 6.07. The molecule has 0 fully saturated rings. The minimum atomic E-state index is -1.25. The van der Waals surface area contributed by atoms with Crippen molar-refractivity contribution < 1.29 is 9.53 Å². The molecule has 0 aromatic carbocycles. The maximum absolute atomic E-state index is 11.9. The zero-order valence-electron chi connectivity index (χ0n) is 11.7. The van der Waals surface area contributed by atoms with Gasteiger partial charge in [0, 0.05) is 13.5 Å². The van der Waals surface area contributed by atoms with E-state index in [2.05, 4.69) is 5.10 Å². The Balaban J connectivity index is 3.09. The van der Waals surface area contributed by atoms with Crippen LogP contribution < -0.4 is 0 Å². The van der Waals surface area contributed by atoms with Crippen molar-refractivity contribution in [1.29, 1.82) is 5.26 Å². The number of hydrogen-bond acceptors (Lipinski definition) is 4. The Morgan fingerprint density at radius 1 is 1.58 bits per heavy atom. The molecule has 0 amide bonds. The first-order chi connectivity index (χ1) is 8.89. The predicted molar refractivity (Wildman–Crippen MR) is 71.7 cm³/mol. The van der Waals surface area contributed by atoms with Crippen LogP contribution in [0.4, 0.5) is 0 Å². The van der Waals surface area contributed by atoms with Gasteiger partial charge in [-0.1, -0.05) is 18.5 Å². The Hall–Kier alpha value is -1.54. The lowest BCUT2D eigenvalue weighted by molar-refractivity contribution is -0.151. The van der Waals surface area contributed by atoms with Gasteiger partial charge in [-0.3, -0.25) is 9.48 Å². The molecule has 19 heavy (non-hydrogen) atoms. The number of rotatable bonds is 5. The minimum absolute atomic E-state index is 0.185. The molecule has 1 aromatic rings. The molecule has 1 atom stereocenters. The number of carbonyl (C=O) groups is 1. The van der Waals surface area contributed by atoms with Crippen molar-refractivity contribution in [2.75, 3.05) is 6.61 Å². The summed E-state index contributed by atoms with van der Waals surface area (Å²) in [6.07, 6.45) is 0.889. The van der Waals surface area contributed by atoms with E-state index in [0.29, 0.717) is 17.1 Å². The molecule has 0 bridgehead atoms. The smallest absolute Gasteiger partial charge is 0.326 e. The van der Waals surface area contributed by atoms with E-state index in [-0.39, 0.29) is 13.0 Å². The fourth-order valence-corrected chi connectivity index (χ4v) is 2.16. The Labute approximate surface area is 118 Å². The number of esters is 1. The van der Waals surface area contributed by atoms with Crippen molar-refractivity contribution in [3.05, 3.63) is 16.4 Å². The zero-order valence-corrected chi connectivity index (χ0v) is 12.4. The summed E-state index contributed by atoms with van der Waals surface area (Å²) in [5.74, 6) is -0.534. The highest BCUT2D eigenvalue weighted by molar-refractivity contribution is 6.31. The van der Waals surface area contributed by atoms with Crippen LogP contribution in [0.25, 0.3) is 0 Å². The van der Waals surface area contributed by atoms with E-state index in [1.54, 1.807) is 25.6 Å². The predicted octanol–water partition coefficient (Wildman–Crippen LogP) is 2.27. The summed E-state index contributed by atoms with van der Waals surface area (Å²) in [4.78, 5) is 11.9. The first-order valence-electron chi connectivity index (χ1n) is 6.18. The van der Waals surface area contributed by atoms with E-state index in [1.807, 2.05) is 13.0 Å². The van der Waals surface area contributed by atoms with Crippen LogP contribution in [-0.2, 0) is 29.4 Å². The average Bonchev–Trinajstić information content (AvgIpc) is 2.66. The van der Waals surface area contributed by atoms with Crippen molar-refractivity contribution in [3.8, 4) is 6.07 Å². The molecule has 0 saturated heterocycles. The van der Waals surface area contributed by atoms with Crippen molar-refractivity contribution in [2.24, 2.45) is 12.5 Å². The normalized spacial score (nSPS) is 13.7. The quantitative estimate of drug-likeness (QED) is 0.778. The summed E-state index contributed by atoms with van der Waals surface area (Å²) in [7, 11) is 1.75. The van der Waals surface area contributed by atoms with E-state index in [4.69, 9.17) is 16.3 Å². The van der Waals surface area contributed by atoms with Crippen LogP contribution in [0.1, 0.15) is 32.2 Å². The molecule has 0 saturated carbocycles. The highest BCUT2D eigenvalue weighted by Gasteiger charge is 2.37. The lowest BCUT2D eigenvalue weighted by Gasteiger charge is -2.19. The highest BCUT2D eigenvalue weighted by atomic mass is 35.5. The van der Waals surface area contributed by atoms with E-state index in [0.717, 1.165) is 5.69 Å². The average molecular weight is 284 g/mol. The van der Waals surface area contributed by atoms with Gasteiger partial charge in [0.05, 0.1) is 29.1 Å². The Morgan fingerprint density at radius 2 is 2.21 bits per heavy atom. The number of hydrogen-bond donors (Lipinski definition) is 0. The van der Waals surface area contributed by atoms with Crippen molar-refractivity contribution >= 4 is 17.6 Å². The Bertz CT molecular complexity index is 519. The van der Waals surface area contributed by atoms with E-state index in [9.17, 15) is 10.1 Å². The topological polar surface area (TPSA) is 67.9 Å². The summed E-state index contributed by atoms with van der Waals surface area (Å²) in [6.45, 7) is 5.46. The van der Waals surface area contributed by atoms with Gasteiger partial charge in [0.15, 0.2) is 5.41 Å². The molecule has 0 spiro atoms. The first-order valence-corrected chi connectivity index (χ1v) is 6.56. The van der Waals surface area contributed by atoms with Gasteiger partial charge in [-0.15, -0.1) is 0 Å². The maximum Gasteiger partial charge on any atom is 0.326 e. The molecule has 0 N–H and O–H groups in total. The fourth-order valence-electron chi connectivity index (χ4n) is 1.79. The number of ether oxygens (including phenoxy) is 1. The summed E-state index contributed by atoms with van der Waals surface area (Å²) in [5.41, 5.74) is 0.192. The molecule has 1 aromatic heterocycles. The van der Waals surface area contributed by atoms with Crippen molar-refractivity contribution in [3.63, 3.8) is 0 Å². The van der Waals surface area contributed by atoms with Crippen LogP contribution in [0.15, 0.2) is 0 Å². The zero-order chi connectivity index (χ0) is 14.6.